The van der Waals surface area contributed by atoms with Gasteiger partial charge in [0.2, 0.25) is 5.95 Å². The number of carbonyl (C=O) groups excluding carboxylic acids is 1. The summed E-state index contributed by atoms with van der Waals surface area (Å²) in [7, 11) is 1.51. The number of hydrogen-bond acceptors (Lipinski definition) is 9. The summed E-state index contributed by atoms with van der Waals surface area (Å²) in [6.45, 7) is 7.01. The molecule has 0 spiro atoms. The number of para-hydroxylation sites is 1. The summed E-state index contributed by atoms with van der Waals surface area (Å²) < 4.78 is 16.1. The highest BCUT2D eigenvalue weighted by atomic mass is 16.5. The van der Waals surface area contributed by atoms with Crippen LogP contribution in [0.25, 0.3) is 11.0 Å². The van der Waals surface area contributed by atoms with Gasteiger partial charge in [-0.25, -0.2) is 9.78 Å². The van der Waals surface area contributed by atoms with E-state index in [-0.39, 0.29) is 11.5 Å². The Labute approximate surface area is 196 Å². The molecule has 0 atom stereocenters. The van der Waals surface area contributed by atoms with E-state index < -0.39 is 5.63 Å². The molecule has 2 fully saturated rings. The predicted octanol–water partition coefficient (Wildman–Crippen LogP) is 1.70. The fourth-order valence-electron chi connectivity index (χ4n) is 4.34. The minimum atomic E-state index is -0.661. The number of piperazine rings is 1. The highest BCUT2D eigenvalue weighted by molar-refractivity contribution is 5.97. The van der Waals surface area contributed by atoms with Gasteiger partial charge in [-0.3, -0.25) is 4.79 Å². The van der Waals surface area contributed by atoms with Gasteiger partial charge in [-0.1, -0.05) is 12.1 Å². The molecule has 2 saturated heterocycles. The van der Waals surface area contributed by atoms with E-state index >= 15 is 0 Å². The second kappa shape index (κ2) is 9.30. The number of benzene rings is 1. The van der Waals surface area contributed by atoms with Crippen LogP contribution < -0.4 is 20.2 Å². The molecule has 0 radical (unpaired) electrons. The standard InChI is InChI=1S/C24H27N5O5/c1-16-14-20(26-24(25-16)29-10-12-33-13-11-29)27-6-8-28(9-7-27)22(30)18-15-17-4-3-5-19(32-2)21(17)34-23(18)31/h3-5,14-15H,6-13H2,1-2H3. The largest absolute Gasteiger partial charge is 0.493 e. The maximum absolute atomic E-state index is 13.1. The van der Waals surface area contributed by atoms with Crippen molar-refractivity contribution in [2.24, 2.45) is 0 Å². The highest BCUT2D eigenvalue weighted by Crippen LogP contribution is 2.25. The number of anilines is 2. The zero-order valence-corrected chi connectivity index (χ0v) is 19.3. The summed E-state index contributed by atoms with van der Waals surface area (Å²) in [6, 6.07) is 8.85. The van der Waals surface area contributed by atoms with Gasteiger partial charge in [-0.2, -0.15) is 4.98 Å². The van der Waals surface area contributed by atoms with Crippen LogP contribution in [0.2, 0.25) is 0 Å². The zero-order valence-electron chi connectivity index (χ0n) is 19.3. The van der Waals surface area contributed by atoms with Gasteiger partial charge in [-0.15, -0.1) is 0 Å². The minimum absolute atomic E-state index is 0.0293. The molecular weight excluding hydrogens is 438 g/mol. The van der Waals surface area contributed by atoms with E-state index in [0.717, 1.165) is 24.6 Å². The van der Waals surface area contributed by atoms with Crippen LogP contribution in [0.5, 0.6) is 5.75 Å². The second-order valence-electron chi connectivity index (χ2n) is 8.37. The smallest absolute Gasteiger partial charge is 0.349 e. The van der Waals surface area contributed by atoms with Crippen molar-refractivity contribution in [1.29, 1.82) is 0 Å². The quantitative estimate of drug-likeness (QED) is 0.533. The number of hydrogen-bond donors (Lipinski definition) is 0. The fraction of sp³-hybridized carbons (Fsp3) is 0.417. The van der Waals surface area contributed by atoms with Gasteiger partial charge in [0.15, 0.2) is 11.3 Å². The van der Waals surface area contributed by atoms with E-state index in [2.05, 4.69) is 14.8 Å². The number of amides is 1. The zero-order chi connectivity index (χ0) is 23.7. The van der Waals surface area contributed by atoms with Crippen LogP contribution in [-0.4, -0.2) is 80.4 Å². The molecule has 0 unspecified atom stereocenters. The molecule has 10 heteroatoms. The van der Waals surface area contributed by atoms with Crippen molar-refractivity contribution >= 4 is 28.6 Å². The van der Waals surface area contributed by atoms with E-state index in [1.54, 1.807) is 29.2 Å². The lowest BCUT2D eigenvalue weighted by Gasteiger charge is -2.36. The molecule has 1 aromatic carbocycles. The van der Waals surface area contributed by atoms with Gasteiger partial charge in [0.25, 0.3) is 5.91 Å². The summed E-state index contributed by atoms with van der Waals surface area (Å²) in [5.74, 6) is 1.68. The first-order valence-corrected chi connectivity index (χ1v) is 11.4. The Balaban J connectivity index is 1.31. The first-order valence-electron chi connectivity index (χ1n) is 11.4. The molecule has 0 aliphatic carbocycles. The van der Waals surface area contributed by atoms with Crippen LogP contribution in [0, 0.1) is 6.92 Å². The summed E-state index contributed by atoms with van der Waals surface area (Å²) in [4.78, 5) is 41.1. The lowest BCUT2D eigenvalue weighted by molar-refractivity contribution is 0.0742. The SMILES string of the molecule is COc1cccc2cc(C(=O)N3CCN(c4cc(C)nc(N5CCOCC5)n4)CC3)c(=O)oc12. The van der Waals surface area contributed by atoms with Crippen molar-refractivity contribution < 1.29 is 18.7 Å². The Morgan fingerprint density at radius 1 is 1.00 bits per heavy atom. The van der Waals surface area contributed by atoms with Crippen LogP contribution in [0.15, 0.2) is 39.5 Å². The van der Waals surface area contributed by atoms with E-state index in [9.17, 15) is 9.59 Å². The highest BCUT2D eigenvalue weighted by Gasteiger charge is 2.26. The normalized spacial score (nSPS) is 16.7. The number of methoxy groups -OCH3 is 1. The van der Waals surface area contributed by atoms with Crippen molar-refractivity contribution in [2.75, 3.05) is 69.4 Å². The molecular formula is C24H27N5O5. The Hall–Kier alpha value is -3.66. The Bertz CT molecular complexity index is 1260. The first-order chi connectivity index (χ1) is 16.5. The minimum Gasteiger partial charge on any atom is -0.493 e. The molecule has 5 rings (SSSR count). The molecule has 0 bridgehead atoms. The summed E-state index contributed by atoms with van der Waals surface area (Å²) in [6.07, 6.45) is 0. The van der Waals surface area contributed by atoms with Crippen LogP contribution in [-0.2, 0) is 4.74 Å². The first kappa shape index (κ1) is 22.1. The maximum Gasteiger partial charge on any atom is 0.349 e. The van der Waals surface area contributed by atoms with Gasteiger partial charge in [0, 0.05) is 56.4 Å². The van der Waals surface area contributed by atoms with Crippen molar-refractivity contribution in [3.63, 3.8) is 0 Å². The second-order valence-corrected chi connectivity index (χ2v) is 8.37. The Kier molecular flexibility index (Phi) is 6.06. The van der Waals surface area contributed by atoms with Crippen molar-refractivity contribution in [2.45, 2.75) is 6.92 Å². The lowest BCUT2D eigenvalue weighted by Crippen LogP contribution is -2.50. The number of aryl methyl sites for hydroxylation is 1. The van der Waals surface area contributed by atoms with Crippen LogP contribution >= 0.6 is 0 Å². The van der Waals surface area contributed by atoms with Gasteiger partial charge in [0.05, 0.1) is 20.3 Å². The molecule has 0 saturated carbocycles. The van der Waals surface area contributed by atoms with Crippen molar-refractivity contribution in [3.05, 3.63) is 52.0 Å². The topological polar surface area (TPSA) is 101 Å². The number of fused-ring (bicyclic) bond motifs is 1. The average Bonchev–Trinajstić information content (AvgIpc) is 2.88. The van der Waals surface area contributed by atoms with E-state index in [1.807, 2.05) is 13.0 Å². The fourth-order valence-corrected chi connectivity index (χ4v) is 4.34. The number of morpholine rings is 1. The molecule has 34 heavy (non-hydrogen) atoms. The summed E-state index contributed by atoms with van der Waals surface area (Å²) in [5, 5.41) is 0.646. The summed E-state index contributed by atoms with van der Waals surface area (Å²) >= 11 is 0. The number of ether oxygens (including phenoxy) is 2. The lowest BCUT2D eigenvalue weighted by atomic mass is 10.1. The molecule has 2 aliphatic rings. The molecule has 2 aromatic heterocycles. The average molecular weight is 466 g/mol. The van der Waals surface area contributed by atoms with Crippen LogP contribution in [0.3, 0.4) is 0 Å². The van der Waals surface area contributed by atoms with E-state index in [1.165, 1.54) is 7.11 Å². The molecule has 10 nitrogen and oxygen atoms in total. The molecule has 1 amide bonds. The summed E-state index contributed by atoms with van der Waals surface area (Å²) in [5.41, 5.74) is 0.605. The van der Waals surface area contributed by atoms with Crippen molar-refractivity contribution in [3.8, 4) is 5.75 Å². The third-order valence-electron chi connectivity index (χ3n) is 6.19. The number of aromatic nitrogens is 2. The monoisotopic (exact) mass is 465 g/mol. The van der Waals surface area contributed by atoms with Crippen LogP contribution in [0.1, 0.15) is 16.1 Å². The molecule has 0 N–H and O–H groups in total. The maximum atomic E-state index is 13.1. The molecule has 2 aliphatic heterocycles. The van der Waals surface area contributed by atoms with Gasteiger partial charge in [-0.05, 0) is 19.1 Å². The predicted molar refractivity (Wildman–Crippen MR) is 127 cm³/mol. The number of carbonyl (C=O) groups is 1. The molecule has 3 aromatic rings. The number of nitrogens with zero attached hydrogens (tertiary/aromatic N) is 5. The van der Waals surface area contributed by atoms with Gasteiger partial charge >= 0.3 is 5.63 Å². The third kappa shape index (κ3) is 4.28. The third-order valence-corrected chi connectivity index (χ3v) is 6.19. The van der Waals surface area contributed by atoms with E-state index in [4.69, 9.17) is 18.9 Å². The Morgan fingerprint density at radius 2 is 1.76 bits per heavy atom. The van der Waals surface area contributed by atoms with Crippen LogP contribution in [0.4, 0.5) is 11.8 Å². The Morgan fingerprint density at radius 3 is 2.50 bits per heavy atom. The molecule has 4 heterocycles. The van der Waals surface area contributed by atoms with Gasteiger partial charge in [0.1, 0.15) is 11.4 Å². The van der Waals surface area contributed by atoms with Crippen molar-refractivity contribution in [1.82, 2.24) is 14.9 Å². The number of rotatable bonds is 4. The van der Waals surface area contributed by atoms with E-state index in [0.29, 0.717) is 62.1 Å². The molecule has 178 valence electrons. The van der Waals surface area contributed by atoms with Gasteiger partial charge < -0.3 is 28.6 Å².